The van der Waals surface area contributed by atoms with Gasteiger partial charge < -0.3 is 29.3 Å². The quantitative estimate of drug-likeness (QED) is 0.169. The molecule has 3 aromatic carbocycles. The number of benzene rings is 3. The van der Waals surface area contributed by atoms with Crippen LogP contribution in [0.5, 0.6) is 11.5 Å². The number of nitrogens with one attached hydrogen (secondary N) is 1. The molecule has 44 heavy (non-hydrogen) atoms. The summed E-state index contributed by atoms with van der Waals surface area (Å²) in [6.07, 6.45) is 6.86. The van der Waals surface area contributed by atoms with Gasteiger partial charge in [0.25, 0.3) is 5.91 Å². The van der Waals surface area contributed by atoms with Gasteiger partial charge in [-0.3, -0.25) is 4.79 Å². The molecule has 1 amide bonds. The lowest BCUT2D eigenvalue weighted by Gasteiger charge is -2.37. The van der Waals surface area contributed by atoms with Gasteiger partial charge in [0.2, 0.25) is 0 Å². The number of hydrogen-bond acceptors (Lipinski definition) is 7. The largest absolute Gasteiger partial charge is 0.456 e. The molecule has 5 rings (SSSR count). The van der Waals surface area contributed by atoms with Crippen LogP contribution in [-0.2, 0) is 15.1 Å². The van der Waals surface area contributed by atoms with Gasteiger partial charge in [0.05, 0.1) is 11.7 Å². The van der Waals surface area contributed by atoms with E-state index in [0.29, 0.717) is 40.8 Å². The van der Waals surface area contributed by atoms with Crippen LogP contribution in [0.2, 0.25) is 0 Å². The van der Waals surface area contributed by atoms with Crippen molar-refractivity contribution < 1.29 is 23.8 Å². The summed E-state index contributed by atoms with van der Waals surface area (Å²) in [6, 6.07) is 17.1. The van der Waals surface area contributed by atoms with Crippen molar-refractivity contribution in [3.63, 3.8) is 0 Å². The summed E-state index contributed by atoms with van der Waals surface area (Å²) in [5.74, 6) is 0.645. The lowest BCUT2D eigenvalue weighted by Crippen LogP contribution is -2.33. The van der Waals surface area contributed by atoms with E-state index in [1.54, 1.807) is 12.1 Å². The second-order valence-electron chi connectivity index (χ2n) is 12.4. The van der Waals surface area contributed by atoms with E-state index in [4.69, 9.17) is 14.2 Å². The van der Waals surface area contributed by atoms with Gasteiger partial charge in [-0.2, -0.15) is 0 Å². The van der Waals surface area contributed by atoms with Crippen molar-refractivity contribution in [1.82, 2.24) is 5.32 Å². The minimum atomic E-state index is -1.23. The van der Waals surface area contributed by atoms with E-state index < -0.39 is 11.6 Å². The number of carbonyl (C=O) groups excluding carboxylic acids is 2. The normalized spacial score (nSPS) is 14.0. The summed E-state index contributed by atoms with van der Waals surface area (Å²) < 4.78 is 18.4. The Labute approximate surface area is 261 Å². The van der Waals surface area contributed by atoms with Crippen LogP contribution in [-0.4, -0.2) is 59.3 Å². The molecule has 234 valence electrons. The first-order valence-corrected chi connectivity index (χ1v) is 15.7. The summed E-state index contributed by atoms with van der Waals surface area (Å²) in [5, 5.41) is 3.07. The van der Waals surface area contributed by atoms with E-state index in [0.717, 1.165) is 54.8 Å². The monoisotopic (exact) mass is 599 g/mol. The molecule has 0 atom stereocenters. The van der Waals surface area contributed by atoms with E-state index >= 15 is 0 Å². The number of amides is 1. The third kappa shape index (κ3) is 6.27. The fraction of sp³-hybridized carbons (Fsp3) is 0.444. The van der Waals surface area contributed by atoms with Crippen LogP contribution >= 0.6 is 0 Å². The Balaban J connectivity index is 1.37. The first-order valence-electron chi connectivity index (χ1n) is 15.7. The predicted molar refractivity (Wildman–Crippen MR) is 174 cm³/mol. The summed E-state index contributed by atoms with van der Waals surface area (Å²) in [6.45, 7) is 5.55. The first kappa shape index (κ1) is 31.4. The van der Waals surface area contributed by atoms with E-state index in [2.05, 4.69) is 19.2 Å². The summed E-state index contributed by atoms with van der Waals surface area (Å²) in [5.41, 5.74) is 3.75. The molecule has 2 aliphatic rings. The highest BCUT2D eigenvalue weighted by Crippen LogP contribution is 2.57. The van der Waals surface area contributed by atoms with Gasteiger partial charge in [-0.1, -0.05) is 25.7 Å². The molecule has 1 N–H and O–H groups in total. The Bertz CT molecular complexity index is 1460. The Morgan fingerprint density at radius 2 is 1.39 bits per heavy atom. The maximum absolute atomic E-state index is 13.4. The number of hydrogen-bond donors (Lipinski definition) is 1. The predicted octanol–water partition coefficient (Wildman–Crippen LogP) is 6.88. The molecule has 3 aromatic rings. The van der Waals surface area contributed by atoms with Gasteiger partial charge in [-0.05, 0) is 69.2 Å². The molecular formula is C36H45N3O5. The van der Waals surface area contributed by atoms with Crippen molar-refractivity contribution >= 4 is 23.3 Å². The maximum atomic E-state index is 13.4. The third-order valence-electron chi connectivity index (χ3n) is 8.38. The number of anilines is 2. The molecule has 0 aliphatic carbocycles. The lowest BCUT2D eigenvalue weighted by molar-refractivity contribution is 0.0224. The molecule has 1 spiro atoms. The van der Waals surface area contributed by atoms with E-state index in [-0.39, 0.29) is 5.91 Å². The topological polar surface area (TPSA) is 80.3 Å². The number of ether oxygens (including phenoxy) is 3. The van der Waals surface area contributed by atoms with Crippen molar-refractivity contribution in [3.8, 4) is 11.5 Å². The molecule has 0 bridgehead atoms. The standard InChI is InChI=1S/C36H45N3O5/c1-24(2)42-20-12-10-8-7-9-11-19-37-34(40)25-13-16-28-31(21-25)36(44-35(28)41)29-17-14-26(38(3)4)22-32(29)43-33-23-27(39(5)6)15-18-30(33)36/h13-18,21-24H,7-12,19-20H2,1-6H3,(H,37,40). The van der Waals surface area contributed by atoms with Crippen molar-refractivity contribution in [2.24, 2.45) is 0 Å². The van der Waals surface area contributed by atoms with Crippen LogP contribution in [0.3, 0.4) is 0 Å². The van der Waals surface area contributed by atoms with Crippen LogP contribution in [0, 0.1) is 0 Å². The molecule has 0 radical (unpaired) electrons. The minimum Gasteiger partial charge on any atom is -0.456 e. The van der Waals surface area contributed by atoms with E-state index in [1.165, 1.54) is 12.8 Å². The second kappa shape index (κ2) is 13.3. The van der Waals surface area contributed by atoms with Gasteiger partial charge in [-0.15, -0.1) is 0 Å². The van der Waals surface area contributed by atoms with Gasteiger partial charge in [-0.25, -0.2) is 4.79 Å². The molecule has 0 unspecified atom stereocenters. The number of unbranched alkanes of at least 4 members (excludes halogenated alkanes) is 5. The van der Waals surface area contributed by atoms with Crippen LogP contribution in [0.1, 0.15) is 89.8 Å². The number of esters is 1. The van der Waals surface area contributed by atoms with Gasteiger partial charge in [0, 0.05) is 87.1 Å². The number of nitrogens with zero attached hydrogens (tertiary/aromatic N) is 2. The average Bonchev–Trinajstić information content (AvgIpc) is 3.29. The highest BCUT2D eigenvalue weighted by Gasteiger charge is 2.54. The molecule has 0 saturated carbocycles. The molecule has 0 aromatic heterocycles. The summed E-state index contributed by atoms with van der Waals surface area (Å²) in [4.78, 5) is 30.7. The van der Waals surface area contributed by atoms with Crippen molar-refractivity contribution in [3.05, 3.63) is 82.4 Å². The van der Waals surface area contributed by atoms with Crippen molar-refractivity contribution in [2.75, 3.05) is 51.1 Å². The average molecular weight is 600 g/mol. The lowest BCUT2D eigenvalue weighted by atomic mass is 9.77. The summed E-state index contributed by atoms with van der Waals surface area (Å²) >= 11 is 0. The Morgan fingerprint density at radius 3 is 1.98 bits per heavy atom. The first-order chi connectivity index (χ1) is 21.1. The zero-order chi connectivity index (χ0) is 31.4. The van der Waals surface area contributed by atoms with Crippen LogP contribution in [0.4, 0.5) is 11.4 Å². The molecule has 0 saturated heterocycles. The van der Waals surface area contributed by atoms with E-state index in [1.807, 2.05) is 80.5 Å². The molecule has 2 heterocycles. The van der Waals surface area contributed by atoms with Gasteiger partial charge in [0.15, 0.2) is 5.60 Å². The minimum absolute atomic E-state index is 0.161. The number of rotatable bonds is 13. The zero-order valence-electron chi connectivity index (χ0n) is 26.9. The van der Waals surface area contributed by atoms with Crippen LogP contribution < -0.4 is 19.9 Å². The molecule has 2 aliphatic heterocycles. The van der Waals surface area contributed by atoms with Crippen LogP contribution in [0.15, 0.2) is 54.6 Å². The zero-order valence-corrected chi connectivity index (χ0v) is 26.9. The second-order valence-corrected chi connectivity index (χ2v) is 12.4. The van der Waals surface area contributed by atoms with E-state index in [9.17, 15) is 9.59 Å². The maximum Gasteiger partial charge on any atom is 0.340 e. The van der Waals surface area contributed by atoms with Crippen LogP contribution in [0.25, 0.3) is 0 Å². The Hall–Kier alpha value is -4.04. The fourth-order valence-electron chi connectivity index (χ4n) is 5.95. The SMILES string of the molecule is CC(C)OCCCCCCCCNC(=O)c1ccc2c(c1)C1(OC2=O)c2ccc(N(C)C)cc2Oc2cc(N(C)C)ccc21. The molecule has 8 heteroatoms. The smallest absolute Gasteiger partial charge is 0.340 e. The van der Waals surface area contributed by atoms with Gasteiger partial charge in [0.1, 0.15) is 11.5 Å². The number of carbonyl (C=O) groups is 2. The molecule has 8 nitrogen and oxygen atoms in total. The van der Waals surface area contributed by atoms with Gasteiger partial charge >= 0.3 is 5.97 Å². The van der Waals surface area contributed by atoms with Crippen molar-refractivity contribution in [2.45, 2.75) is 64.1 Å². The molecule has 0 fully saturated rings. The third-order valence-corrected chi connectivity index (χ3v) is 8.38. The fourth-order valence-corrected chi connectivity index (χ4v) is 5.95. The Morgan fingerprint density at radius 1 is 0.795 bits per heavy atom. The Kier molecular flexibility index (Phi) is 9.49. The van der Waals surface area contributed by atoms with Crippen molar-refractivity contribution in [1.29, 1.82) is 0 Å². The highest BCUT2D eigenvalue weighted by atomic mass is 16.6. The summed E-state index contributed by atoms with van der Waals surface area (Å²) in [7, 11) is 7.88. The molecular weight excluding hydrogens is 554 g/mol. The highest BCUT2D eigenvalue weighted by molar-refractivity contribution is 6.00. The number of fused-ring (bicyclic) bond motifs is 6.